The molecule has 2 N–H and O–H groups in total. The normalized spacial score (nSPS) is 9.14. The number of nitrogens with one attached hydrogen (secondary N) is 1. The van der Waals surface area contributed by atoms with Crippen LogP contribution in [-0.4, -0.2) is 18.3 Å². The Kier molecular flexibility index (Phi) is 8.19. The Morgan fingerprint density at radius 1 is 1.14 bits per heavy atom. The first kappa shape index (κ1) is 13.1. The van der Waals surface area contributed by atoms with E-state index in [1.165, 1.54) is 11.1 Å². The van der Waals surface area contributed by atoms with Crippen molar-refractivity contribution >= 4 is 0 Å². The Morgan fingerprint density at radius 3 is 2.21 bits per heavy atom. The molecule has 0 unspecified atom stereocenters. The maximum atomic E-state index is 8.53. The summed E-state index contributed by atoms with van der Waals surface area (Å²) in [5.41, 5.74) is 2.54. The van der Waals surface area contributed by atoms with Crippen LogP contribution in [0.1, 0.15) is 25.0 Å². The summed E-state index contributed by atoms with van der Waals surface area (Å²) in [4.78, 5) is 0. The average Bonchev–Trinajstić information content (AvgIpc) is 2.24. The molecule has 0 radical (unpaired) electrons. The molecule has 0 fully saturated rings. The number of benzene rings is 1. The van der Waals surface area contributed by atoms with Gasteiger partial charge in [0.1, 0.15) is 0 Å². The smallest absolute Gasteiger partial charge is 0.0556 e. The van der Waals surface area contributed by atoms with E-state index in [4.69, 9.17) is 5.11 Å². The number of hydrogen-bond donors (Lipinski definition) is 2. The zero-order valence-electron chi connectivity index (χ0n) is 9.38. The molecular formula is C12H21NO. The van der Waals surface area contributed by atoms with Gasteiger partial charge in [-0.05, 0) is 12.5 Å². The van der Waals surface area contributed by atoms with Gasteiger partial charge in [0.15, 0.2) is 0 Å². The molecule has 0 heterocycles. The molecular weight excluding hydrogens is 174 g/mol. The van der Waals surface area contributed by atoms with Crippen molar-refractivity contribution in [1.29, 1.82) is 0 Å². The molecule has 1 aromatic carbocycles. The van der Waals surface area contributed by atoms with Crippen LogP contribution in [0.3, 0.4) is 0 Å². The number of hydrogen-bond acceptors (Lipinski definition) is 2. The van der Waals surface area contributed by atoms with E-state index in [0.29, 0.717) is 6.54 Å². The second kappa shape index (κ2) is 8.73. The van der Waals surface area contributed by atoms with E-state index in [2.05, 4.69) is 36.5 Å². The minimum Gasteiger partial charge on any atom is -0.395 e. The summed E-state index contributed by atoms with van der Waals surface area (Å²) in [5.74, 6) is 0. The van der Waals surface area contributed by atoms with Gasteiger partial charge in [0.25, 0.3) is 0 Å². The van der Waals surface area contributed by atoms with Crippen LogP contribution in [0, 0.1) is 6.92 Å². The van der Waals surface area contributed by atoms with Gasteiger partial charge in [-0.1, -0.05) is 43.7 Å². The van der Waals surface area contributed by atoms with Crippen LogP contribution >= 0.6 is 0 Å². The van der Waals surface area contributed by atoms with Crippen molar-refractivity contribution in [3.8, 4) is 0 Å². The Morgan fingerprint density at radius 2 is 1.71 bits per heavy atom. The maximum Gasteiger partial charge on any atom is 0.0556 e. The van der Waals surface area contributed by atoms with Crippen LogP contribution in [0.15, 0.2) is 24.3 Å². The molecule has 1 aromatic rings. The van der Waals surface area contributed by atoms with Gasteiger partial charge in [-0.25, -0.2) is 0 Å². The van der Waals surface area contributed by atoms with Crippen molar-refractivity contribution in [3.05, 3.63) is 35.4 Å². The van der Waals surface area contributed by atoms with Crippen molar-refractivity contribution in [1.82, 2.24) is 5.32 Å². The highest BCUT2D eigenvalue weighted by Gasteiger charge is 1.90. The average molecular weight is 195 g/mol. The van der Waals surface area contributed by atoms with Gasteiger partial charge in [0.05, 0.1) is 6.61 Å². The lowest BCUT2D eigenvalue weighted by Crippen LogP contribution is -2.17. The van der Waals surface area contributed by atoms with E-state index >= 15 is 0 Å². The topological polar surface area (TPSA) is 32.3 Å². The first-order chi connectivity index (χ1) is 6.83. The predicted molar refractivity (Wildman–Crippen MR) is 61.3 cm³/mol. The van der Waals surface area contributed by atoms with Gasteiger partial charge in [0, 0.05) is 13.1 Å². The van der Waals surface area contributed by atoms with Gasteiger partial charge in [-0.3, -0.25) is 0 Å². The lowest BCUT2D eigenvalue weighted by atomic mass is 10.1. The fraction of sp³-hybridized carbons (Fsp3) is 0.500. The summed E-state index contributed by atoms with van der Waals surface area (Å²) in [6.07, 6.45) is 0. The van der Waals surface area contributed by atoms with Crippen molar-refractivity contribution in [3.63, 3.8) is 0 Å². The van der Waals surface area contributed by atoms with Crippen LogP contribution in [0.4, 0.5) is 0 Å². The molecule has 0 aliphatic heterocycles. The van der Waals surface area contributed by atoms with Crippen molar-refractivity contribution in [2.45, 2.75) is 27.3 Å². The van der Waals surface area contributed by atoms with Crippen molar-refractivity contribution in [2.24, 2.45) is 0 Å². The number of aliphatic hydroxyl groups excluding tert-OH is 1. The van der Waals surface area contributed by atoms with E-state index in [-0.39, 0.29) is 6.61 Å². The molecule has 0 bridgehead atoms. The fourth-order valence-corrected chi connectivity index (χ4v) is 1.02. The lowest BCUT2D eigenvalue weighted by Gasteiger charge is -2.02. The standard InChI is InChI=1S/C10H15NO.C2H6/c1-9-2-4-10(5-3-9)8-11-6-7-12;1-2/h2-5,11-12H,6-8H2,1H3;1-2H3. The van der Waals surface area contributed by atoms with Gasteiger partial charge in [-0.15, -0.1) is 0 Å². The Labute approximate surface area is 87.0 Å². The summed E-state index contributed by atoms with van der Waals surface area (Å²) in [6, 6.07) is 8.38. The fourth-order valence-electron chi connectivity index (χ4n) is 1.02. The van der Waals surface area contributed by atoms with E-state index in [0.717, 1.165) is 6.54 Å². The van der Waals surface area contributed by atoms with Gasteiger partial charge >= 0.3 is 0 Å². The first-order valence-corrected chi connectivity index (χ1v) is 5.20. The highest BCUT2D eigenvalue weighted by atomic mass is 16.3. The quantitative estimate of drug-likeness (QED) is 0.721. The molecule has 14 heavy (non-hydrogen) atoms. The van der Waals surface area contributed by atoms with Crippen LogP contribution in [0.25, 0.3) is 0 Å². The monoisotopic (exact) mass is 195 g/mol. The second-order valence-corrected chi connectivity index (χ2v) is 2.89. The number of aliphatic hydroxyl groups is 1. The third kappa shape index (κ3) is 5.73. The Hall–Kier alpha value is -0.860. The van der Waals surface area contributed by atoms with Gasteiger partial charge in [0.2, 0.25) is 0 Å². The summed E-state index contributed by atoms with van der Waals surface area (Å²) in [6.45, 7) is 7.77. The summed E-state index contributed by atoms with van der Waals surface area (Å²) >= 11 is 0. The molecule has 1 rings (SSSR count). The molecule has 2 nitrogen and oxygen atoms in total. The SMILES string of the molecule is CC.Cc1ccc(CNCCO)cc1. The van der Waals surface area contributed by atoms with Gasteiger partial charge in [-0.2, -0.15) is 0 Å². The molecule has 0 aromatic heterocycles. The number of aryl methyl sites for hydroxylation is 1. The van der Waals surface area contributed by atoms with Crippen LogP contribution in [-0.2, 0) is 6.54 Å². The van der Waals surface area contributed by atoms with E-state index < -0.39 is 0 Å². The molecule has 0 atom stereocenters. The molecule has 0 saturated carbocycles. The van der Waals surface area contributed by atoms with Crippen molar-refractivity contribution < 1.29 is 5.11 Å². The van der Waals surface area contributed by atoms with Crippen LogP contribution < -0.4 is 5.32 Å². The zero-order chi connectivity index (χ0) is 10.8. The van der Waals surface area contributed by atoms with Gasteiger partial charge < -0.3 is 10.4 Å². The Balaban J connectivity index is 0.000000791. The Bertz CT molecular complexity index is 218. The van der Waals surface area contributed by atoms with Crippen molar-refractivity contribution in [2.75, 3.05) is 13.2 Å². The van der Waals surface area contributed by atoms with E-state index in [1.807, 2.05) is 13.8 Å². The summed E-state index contributed by atoms with van der Waals surface area (Å²) in [5, 5.41) is 11.6. The van der Waals surface area contributed by atoms with Crippen LogP contribution in [0.2, 0.25) is 0 Å². The summed E-state index contributed by atoms with van der Waals surface area (Å²) in [7, 11) is 0. The van der Waals surface area contributed by atoms with E-state index in [1.54, 1.807) is 0 Å². The molecule has 2 heteroatoms. The van der Waals surface area contributed by atoms with E-state index in [9.17, 15) is 0 Å². The number of rotatable bonds is 4. The third-order valence-corrected chi connectivity index (χ3v) is 1.74. The zero-order valence-corrected chi connectivity index (χ0v) is 9.38. The molecule has 0 amide bonds. The summed E-state index contributed by atoms with van der Waals surface area (Å²) < 4.78 is 0. The maximum absolute atomic E-state index is 8.53. The molecule has 0 saturated heterocycles. The third-order valence-electron chi connectivity index (χ3n) is 1.74. The second-order valence-electron chi connectivity index (χ2n) is 2.89. The largest absolute Gasteiger partial charge is 0.395 e. The lowest BCUT2D eigenvalue weighted by molar-refractivity contribution is 0.292. The predicted octanol–water partition coefficient (Wildman–Crippen LogP) is 2.10. The first-order valence-electron chi connectivity index (χ1n) is 5.20. The highest BCUT2D eigenvalue weighted by Crippen LogP contribution is 2.01. The minimum absolute atomic E-state index is 0.200. The van der Waals surface area contributed by atoms with Crippen LogP contribution in [0.5, 0.6) is 0 Å². The molecule has 80 valence electrons. The molecule has 0 spiro atoms. The minimum atomic E-state index is 0.200. The molecule has 0 aliphatic carbocycles. The molecule has 0 aliphatic rings. The highest BCUT2D eigenvalue weighted by molar-refractivity contribution is 5.20.